The molecule has 45 heavy (non-hydrogen) atoms. The summed E-state index contributed by atoms with van der Waals surface area (Å²) in [4.78, 5) is 0. The van der Waals surface area contributed by atoms with E-state index in [9.17, 15) is 10.2 Å². The van der Waals surface area contributed by atoms with E-state index in [1.54, 1.807) is 0 Å². The molecule has 0 bridgehead atoms. The third-order valence-electron chi connectivity index (χ3n) is 9.26. The van der Waals surface area contributed by atoms with Gasteiger partial charge in [0.2, 0.25) is 0 Å². The average Bonchev–Trinajstić information content (AvgIpc) is 3.03. The SMILES string of the molecule is CCCCCCCCCCCCCCCC(=S)O[C@@H]1[C@@H](O)[C@H](OC(=S)CCCCCCCCCCCCCCC)CO[C@H]1CO. The minimum absolute atomic E-state index is 0.177. The van der Waals surface area contributed by atoms with Crippen molar-refractivity contribution in [3.63, 3.8) is 0 Å². The van der Waals surface area contributed by atoms with Crippen LogP contribution < -0.4 is 0 Å². The van der Waals surface area contributed by atoms with Crippen LogP contribution in [0.3, 0.4) is 0 Å². The smallest absolute Gasteiger partial charge is 0.160 e. The van der Waals surface area contributed by atoms with Gasteiger partial charge in [-0.25, -0.2) is 0 Å². The van der Waals surface area contributed by atoms with Crippen molar-refractivity contribution in [2.24, 2.45) is 0 Å². The van der Waals surface area contributed by atoms with Crippen molar-refractivity contribution in [2.45, 2.75) is 218 Å². The molecule has 0 aliphatic carbocycles. The van der Waals surface area contributed by atoms with Crippen LogP contribution in [0.2, 0.25) is 0 Å². The van der Waals surface area contributed by atoms with Gasteiger partial charge in [0.25, 0.3) is 0 Å². The third-order valence-corrected chi connectivity index (χ3v) is 9.86. The predicted molar refractivity (Wildman–Crippen MR) is 198 cm³/mol. The van der Waals surface area contributed by atoms with E-state index in [-0.39, 0.29) is 13.2 Å². The first-order valence-corrected chi connectivity index (χ1v) is 20.1. The summed E-state index contributed by atoms with van der Waals surface area (Å²) in [6.07, 6.45) is 32.5. The van der Waals surface area contributed by atoms with Gasteiger partial charge in [0.15, 0.2) is 22.3 Å². The summed E-state index contributed by atoms with van der Waals surface area (Å²) in [6.45, 7) is 4.48. The van der Waals surface area contributed by atoms with Gasteiger partial charge in [0.05, 0.1) is 13.2 Å². The zero-order valence-electron chi connectivity index (χ0n) is 29.5. The topological polar surface area (TPSA) is 68.2 Å². The fraction of sp³-hybridized carbons (Fsp3) is 0.947. The number of thiocarbonyl (C=S) groups is 2. The summed E-state index contributed by atoms with van der Waals surface area (Å²) in [6, 6.07) is 0. The van der Waals surface area contributed by atoms with Gasteiger partial charge >= 0.3 is 0 Å². The van der Waals surface area contributed by atoms with Crippen molar-refractivity contribution in [1.82, 2.24) is 0 Å². The molecule has 1 aliphatic rings. The highest BCUT2D eigenvalue weighted by molar-refractivity contribution is 7.80. The summed E-state index contributed by atoms with van der Waals surface area (Å²) in [5.41, 5.74) is 0. The van der Waals surface area contributed by atoms with Gasteiger partial charge in [0.1, 0.15) is 12.2 Å². The molecule has 5 nitrogen and oxygen atoms in total. The quantitative estimate of drug-likeness (QED) is 0.0561. The van der Waals surface area contributed by atoms with Gasteiger partial charge in [-0.15, -0.1) is 0 Å². The van der Waals surface area contributed by atoms with Crippen LogP contribution in [0, 0.1) is 0 Å². The number of hydrogen-bond donors (Lipinski definition) is 2. The Balaban J connectivity index is 2.12. The molecule has 1 rings (SSSR count). The summed E-state index contributed by atoms with van der Waals surface area (Å²) in [5.74, 6) is 0. The highest BCUT2D eigenvalue weighted by Crippen LogP contribution is 2.24. The molecule has 7 heteroatoms. The molecule has 0 aromatic rings. The maximum Gasteiger partial charge on any atom is 0.160 e. The van der Waals surface area contributed by atoms with Crippen LogP contribution in [-0.2, 0) is 14.2 Å². The summed E-state index contributed by atoms with van der Waals surface area (Å²) >= 11 is 11.0. The van der Waals surface area contributed by atoms with Crippen molar-refractivity contribution in [3.05, 3.63) is 0 Å². The maximum atomic E-state index is 11.0. The van der Waals surface area contributed by atoms with E-state index in [0.717, 1.165) is 25.7 Å². The van der Waals surface area contributed by atoms with Crippen molar-refractivity contribution >= 4 is 34.5 Å². The van der Waals surface area contributed by atoms with Gasteiger partial charge in [-0.2, -0.15) is 0 Å². The second-order valence-electron chi connectivity index (χ2n) is 13.5. The minimum atomic E-state index is -0.954. The molecule has 1 aliphatic heterocycles. The van der Waals surface area contributed by atoms with Crippen LogP contribution in [0.1, 0.15) is 194 Å². The lowest BCUT2D eigenvalue weighted by atomic mass is 10.00. The van der Waals surface area contributed by atoms with E-state index in [2.05, 4.69) is 13.8 Å². The summed E-state index contributed by atoms with van der Waals surface area (Å²) < 4.78 is 17.7. The van der Waals surface area contributed by atoms with Crippen LogP contribution in [0.25, 0.3) is 0 Å². The Morgan fingerprint density at radius 2 is 0.889 bits per heavy atom. The minimum Gasteiger partial charge on any atom is -0.479 e. The second-order valence-corrected chi connectivity index (χ2v) is 14.4. The monoisotopic (exact) mass is 672 g/mol. The van der Waals surface area contributed by atoms with Gasteiger partial charge in [-0.05, 0) is 37.3 Å². The number of aliphatic hydroxyl groups excluding tert-OH is 2. The molecular weight excluding hydrogens is 601 g/mol. The van der Waals surface area contributed by atoms with E-state index in [1.807, 2.05) is 0 Å². The molecule has 1 saturated heterocycles. The maximum absolute atomic E-state index is 11.0. The lowest BCUT2D eigenvalue weighted by Crippen LogP contribution is -2.56. The average molecular weight is 673 g/mol. The van der Waals surface area contributed by atoms with E-state index in [4.69, 9.17) is 38.6 Å². The van der Waals surface area contributed by atoms with Crippen LogP contribution in [0.15, 0.2) is 0 Å². The first-order valence-electron chi connectivity index (χ1n) is 19.3. The molecular formula is C38H72O5S2. The molecule has 266 valence electrons. The van der Waals surface area contributed by atoms with Crippen LogP contribution in [0.4, 0.5) is 0 Å². The second kappa shape index (κ2) is 31.0. The van der Waals surface area contributed by atoms with Crippen molar-refractivity contribution in [2.75, 3.05) is 13.2 Å². The van der Waals surface area contributed by atoms with E-state index >= 15 is 0 Å². The fourth-order valence-electron chi connectivity index (χ4n) is 6.26. The van der Waals surface area contributed by atoms with Crippen LogP contribution in [0.5, 0.6) is 0 Å². The van der Waals surface area contributed by atoms with Crippen LogP contribution in [-0.4, -0.2) is 57.9 Å². The molecule has 4 atom stereocenters. The first-order chi connectivity index (χ1) is 22.0. The molecule has 2 N–H and O–H groups in total. The van der Waals surface area contributed by atoms with Crippen LogP contribution >= 0.6 is 24.4 Å². The van der Waals surface area contributed by atoms with E-state index in [1.165, 1.54) is 141 Å². The molecule has 1 heterocycles. The molecule has 0 spiro atoms. The number of unbranched alkanes of at least 4 members (excludes halogenated alkanes) is 24. The zero-order valence-corrected chi connectivity index (χ0v) is 31.1. The van der Waals surface area contributed by atoms with Gasteiger partial charge in [-0.3, -0.25) is 0 Å². The largest absolute Gasteiger partial charge is 0.479 e. The standard InChI is InChI=1S/C38H72O5S2/c1-3-5-7-9-11-13-15-17-19-21-23-25-27-29-35(44)42-34-32-41-33(31-39)38(37(34)40)43-36(45)30-28-26-24-22-20-18-16-14-12-10-8-6-4-2/h33-34,37-40H,3-32H2,1-2H3/t33-,34+,37-,38-/m0/s1. The molecule has 0 unspecified atom stereocenters. The third kappa shape index (κ3) is 23.6. The highest BCUT2D eigenvalue weighted by Gasteiger charge is 2.42. The van der Waals surface area contributed by atoms with E-state index in [0.29, 0.717) is 22.9 Å². The Kier molecular flexibility index (Phi) is 29.4. The highest BCUT2D eigenvalue weighted by atomic mass is 32.1. The first kappa shape index (κ1) is 42.7. The molecule has 0 aromatic heterocycles. The molecule has 0 saturated carbocycles. The Morgan fingerprint density at radius 1 is 0.556 bits per heavy atom. The predicted octanol–water partition coefficient (Wildman–Crippen LogP) is 11.1. The van der Waals surface area contributed by atoms with Crippen molar-refractivity contribution in [3.8, 4) is 0 Å². The Labute approximate surface area is 289 Å². The lowest BCUT2D eigenvalue weighted by molar-refractivity contribution is -0.186. The number of hydrogen-bond acceptors (Lipinski definition) is 7. The normalized spacial score (nSPS) is 19.9. The zero-order chi connectivity index (χ0) is 32.8. The van der Waals surface area contributed by atoms with Gasteiger partial charge < -0.3 is 24.4 Å². The number of ether oxygens (including phenoxy) is 3. The Hall–Kier alpha value is -0.340. The molecule has 1 fully saturated rings. The molecule has 0 radical (unpaired) electrons. The van der Waals surface area contributed by atoms with E-state index < -0.39 is 24.4 Å². The molecule has 0 amide bonds. The fourth-order valence-corrected chi connectivity index (χ4v) is 6.79. The van der Waals surface area contributed by atoms with Gasteiger partial charge in [-0.1, -0.05) is 168 Å². The van der Waals surface area contributed by atoms with Crippen molar-refractivity contribution < 1.29 is 24.4 Å². The number of aliphatic hydroxyl groups is 2. The van der Waals surface area contributed by atoms with Gasteiger partial charge in [0, 0.05) is 12.8 Å². The Bertz CT molecular complexity index is 691. The lowest BCUT2D eigenvalue weighted by Gasteiger charge is -2.39. The molecule has 0 aromatic carbocycles. The van der Waals surface area contributed by atoms with Crippen molar-refractivity contribution in [1.29, 1.82) is 0 Å². The number of rotatable bonds is 31. The summed E-state index contributed by atoms with van der Waals surface area (Å²) in [5, 5.41) is 21.8. The Morgan fingerprint density at radius 3 is 1.24 bits per heavy atom. The summed E-state index contributed by atoms with van der Waals surface area (Å²) in [7, 11) is 0.